The average molecular weight is 479 g/mol. The number of hydrogen-bond donors (Lipinski definition) is 1. The first kappa shape index (κ1) is 29.9. The van der Waals surface area contributed by atoms with Crippen molar-refractivity contribution in [1.82, 2.24) is 0 Å². The van der Waals surface area contributed by atoms with Crippen molar-refractivity contribution in [2.24, 2.45) is 5.92 Å². The molecule has 0 spiro atoms. The monoisotopic (exact) mass is 478 g/mol. The van der Waals surface area contributed by atoms with Gasteiger partial charge in [0, 0.05) is 13.0 Å². The summed E-state index contributed by atoms with van der Waals surface area (Å²) in [5.41, 5.74) is 3.97. The Hall–Kier alpha value is -1.14. The Kier molecular flexibility index (Phi) is 13.0. The number of rotatable bonds is 15. The molecule has 4 nitrogen and oxygen atoms in total. The number of ether oxygens (including phenoxy) is 2. The maximum absolute atomic E-state index is 10.1. The largest absolute Gasteiger partial charge is 0.497 e. The van der Waals surface area contributed by atoms with Gasteiger partial charge in [-0.1, -0.05) is 66.7 Å². The molecule has 1 rings (SSSR count). The molecule has 1 aromatic rings. The standard InChI is InChI=1S/C28H50O4Si/c1-11-25(19-32-33(20(2)3,21(4)5)22(6)7)15-23(8)28(16-24(9)29)31-18-26-13-12-14-27(17-26)30-10/h12-15,17,20-22,24-25,28-29H,11,16,18-19H2,1-10H3/b23-15+/t24-,25+,28-/m0/s1. The highest BCUT2D eigenvalue weighted by atomic mass is 28.4. The highest BCUT2D eigenvalue weighted by Gasteiger charge is 2.45. The fourth-order valence-corrected chi connectivity index (χ4v) is 10.7. The van der Waals surface area contributed by atoms with E-state index in [2.05, 4.69) is 61.5 Å². The summed E-state index contributed by atoms with van der Waals surface area (Å²) in [6.45, 7) is 21.4. The first-order valence-electron chi connectivity index (χ1n) is 12.7. The fraction of sp³-hybridized carbons (Fsp3) is 0.714. The zero-order valence-electron chi connectivity index (χ0n) is 22.9. The molecule has 0 saturated carbocycles. The Morgan fingerprint density at radius 2 is 1.64 bits per heavy atom. The molecule has 0 unspecified atom stereocenters. The Morgan fingerprint density at radius 3 is 2.12 bits per heavy atom. The summed E-state index contributed by atoms with van der Waals surface area (Å²) in [5, 5.41) is 10.1. The molecule has 0 aromatic heterocycles. The van der Waals surface area contributed by atoms with E-state index >= 15 is 0 Å². The summed E-state index contributed by atoms with van der Waals surface area (Å²) in [7, 11) is -0.220. The molecule has 0 radical (unpaired) electrons. The van der Waals surface area contributed by atoms with Gasteiger partial charge >= 0.3 is 0 Å². The van der Waals surface area contributed by atoms with Gasteiger partial charge in [-0.25, -0.2) is 0 Å². The zero-order chi connectivity index (χ0) is 25.2. The molecule has 0 bridgehead atoms. The lowest BCUT2D eigenvalue weighted by atomic mass is 9.98. The van der Waals surface area contributed by atoms with E-state index in [0.29, 0.717) is 35.6 Å². The van der Waals surface area contributed by atoms with E-state index in [4.69, 9.17) is 13.9 Å². The van der Waals surface area contributed by atoms with Crippen LogP contribution in [0.4, 0.5) is 0 Å². The first-order valence-corrected chi connectivity index (χ1v) is 14.9. The van der Waals surface area contributed by atoms with Crippen molar-refractivity contribution in [2.45, 2.75) is 111 Å². The van der Waals surface area contributed by atoms with Crippen molar-refractivity contribution in [3.8, 4) is 5.75 Å². The van der Waals surface area contributed by atoms with Crippen molar-refractivity contribution in [3.63, 3.8) is 0 Å². The molecular formula is C28H50O4Si. The van der Waals surface area contributed by atoms with Crippen molar-refractivity contribution in [3.05, 3.63) is 41.5 Å². The Bertz CT molecular complexity index is 690. The van der Waals surface area contributed by atoms with Crippen molar-refractivity contribution in [1.29, 1.82) is 0 Å². The molecule has 0 aliphatic heterocycles. The summed E-state index contributed by atoms with van der Waals surface area (Å²) in [5.74, 6) is 1.16. The van der Waals surface area contributed by atoms with E-state index in [1.165, 1.54) is 5.57 Å². The quantitative estimate of drug-likeness (QED) is 0.209. The number of benzene rings is 1. The van der Waals surface area contributed by atoms with Crippen LogP contribution in [0, 0.1) is 5.92 Å². The summed E-state index contributed by atoms with van der Waals surface area (Å²) in [6, 6.07) is 7.94. The lowest BCUT2D eigenvalue weighted by molar-refractivity contribution is 0.0285. The van der Waals surface area contributed by atoms with Crippen LogP contribution >= 0.6 is 0 Å². The maximum Gasteiger partial charge on any atom is 0.200 e. The Morgan fingerprint density at radius 1 is 1.03 bits per heavy atom. The fourth-order valence-electron chi connectivity index (χ4n) is 5.17. The molecule has 1 aromatic carbocycles. The second-order valence-corrected chi connectivity index (χ2v) is 15.9. The molecule has 190 valence electrons. The van der Waals surface area contributed by atoms with E-state index in [0.717, 1.165) is 24.3 Å². The summed E-state index contributed by atoms with van der Waals surface area (Å²) < 4.78 is 18.5. The van der Waals surface area contributed by atoms with Crippen LogP contribution < -0.4 is 4.74 Å². The lowest BCUT2D eigenvalue weighted by Gasteiger charge is -2.43. The number of aliphatic hydroxyl groups is 1. The third kappa shape index (κ3) is 8.86. The van der Waals surface area contributed by atoms with E-state index in [1.807, 2.05) is 31.2 Å². The van der Waals surface area contributed by atoms with Gasteiger partial charge in [-0.15, -0.1) is 0 Å². The zero-order valence-corrected chi connectivity index (χ0v) is 23.9. The molecule has 1 N–H and O–H groups in total. The number of aliphatic hydroxyl groups excluding tert-OH is 1. The van der Waals surface area contributed by atoms with Gasteiger partial charge in [0.1, 0.15) is 5.75 Å². The van der Waals surface area contributed by atoms with Crippen LogP contribution in [0.1, 0.15) is 80.7 Å². The predicted molar refractivity (Wildman–Crippen MR) is 142 cm³/mol. The molecule has 5 heteroatoms. The van der Waals surface area contributed by atoms with Gasteiger partial charge < -0.3 is 19.0 Å². The van der Waals surface area contributed by atoms with E-state index < -0.39 is 14.4 Å². The topological polar surface area (TPSA) is 47.9 Å². The van der Waals surface area contributed by atoms with Crippen LogP contribution in [0.2, 0.25) is 16.6 Å². The first-order chi connectivity index (χ1) is 15.5. The van der Waals surface area contributed by atoms with Gasteiger partial charge in [0.25, 0.3) is 0 Å². The van der Waals surface area contributed by atoms with Gasteiger partial charge in [-0.05, 0) is 66.1 Å². The van der Waals surface area contributed by atoms with Gasteiger partial charge in [-0.3, -0.25) is 0 Å². The van der Waals surface area contributed by atoms with Gasteiger partial charge in [-0.2, -0.15) is 0 Å². The van der Waals surface area contributed by atoms with Crippen LogP contribution in [-0.2, 0) is 15.8 Å². The molecule has 0 fully saturated rings. The van der Waals surface area contributed by atoms with Gasteiger partial charge in [0.05, 0.1) is 25.9 Å². The predicted octanol–water partition coefficient (Wildman–Crippen LogP) is 7.52. The molecule has 0 heterocycles. The second-order valence-electron chi connectivity index (χ2n) is 10.4. The van der Waals surface area contributed by atoms with Crippen molar-refractivity contribution >= 4 is 8.32 Å². The minimum Gasteiger partial charge on any atom is -0.497 e. The summed E-state index contributed by atoms with van der Waals surface area (Å²) in [4.78, 5) is 0. The van der Waals surface area contributed by atoms with E-state index in [1.54, 1.807) is 7.11 Å². The molecule has 0 amide bonds. The SMILES string of the molecule is CC[C@H](/C=C(\C)[C@H](C[C@H](C)O)OCc1cccc(OC)c1)CO[Si](C(C)C)(C(C)C)C(C)C. The highest BCUT2D eigenvalue weighted by molar-refractivity contribution is 6.77. The molecule has 0 aliphatic rings. The van der Waals surface area contributed by atoms with Gasteiger partial charge in [0.15, 0.2) is 8.32 Å². The summed E-state index contributed by atoms with van der Waals surface area (Å²) >= 11 is 0. The lowest BCUT2D eigenvalue weighted by Crippen LogP contribution is -2.48. The van der Waals surface area contributed by atoms with Gasteiger partial charge in [0.2, 0.25) is 0 Å². The minimum atomic E-state index is -1.89. The summed E-state index contributed by atoms with van der Waals surface area (Å²) in [6.07, 6.45) is 3.36. The van der Waals surface area contributed by atoms with Crippen LogP contribution in [0.25, 0.3) is 0 Å². The number of methoxy groups -OCH3 is 1. The smallest absolute Gasteiger partial charge is 0.200 e. The highest BCUT2D eigenvalue weighted by Crippen LogP contribution is 2.42. The Balaban J connectivity index is 2.98. The van der Waals surface area contributed by atoms with E-state index in [9.17, 15) is 5.11 Å². The molecule has 33 heavy (non-hydrogen) atoms. The molecule has 3 atom stereocenters. The Labute approximate surface area is 204 Å². The molecule has 0 saturated heterocycles. The van der Waals surface area contributed by atoms with Crippen LogP contribution in [0.5, 0.6) is 5.75 Å². The maximum atomic E-state index is 10.1. The molecular weight excluding hydrogens is 428 g/mol. The van der Waals surface area contributed by atoms with E-state index in [-0.39, 0.29) is 6.10 Å². The van der Waals surface area contributed by atoms with Crippen molar-refractivity contribution in [2.75, 3.05) is 13.7 Å². The third-order valence-electron chi connectivity index (χ3n) is 6.93. The number of hydrogen-bond acceptors (Lipinski definition) is 4. The molecule has 0 aliphatic carbocycles. The van der Waals surface area contributed by atoms with Crippen LogP contribution in [-0.4, -0.2) is 39.3 Å². The second kappa shape index (κ2) is 14.3. The average Bonchev–Trinajstić information content (AvgIpc) is 2.75. The van der Waals surface area contributed by atoms with Crippen molar-refractivity contribution < 1.29 is 19.0 Å². The van der Waals surface area contributed by atoms with Crippen LogP contribution in [0.15, 0.2) is 35.9 Å². The third-order valence-corrected chi connectivity index (χ3v) is 13.0. The normalized spacial score (nSPS) is 15.9. The van der Waals surface area contributed by atoms with Crippen LogP contribution in [0.3, 0.4) is 0 Å². The minimum absolute atomic E-state index is 0.132.